The first kappa shape index (κ1) is 12.8. The van der Waals surface area contributed by atoms with Crippen molar-refractivity contribution in [2.45, 2.75) is 50.6 Å². The van der Waals surface area contributed by atoms with Gasteiger partial charge in [0.25, 0.3) is 0 Å². The van der Waals surface area contributed by atoms with Crippen LogP contribution >= 0.6 is 0 Å². The molecule has 2 aliphatic rings. The van der Waals surface area contributed by atoms with E-state index in [1.807, 2.05) is 14.0 Å². The molecule has 2 N–H and O–H groups in total. The summed E-state index contributed by atoms with van der Waals surface area (Å²) in [6, 6.07) is 0.424. The van der Waals surface area contributed by atoms with Crippen molar-refractivity contribution in [2.24, 2.45) is 5.92 Å². The second-order valence-corrected chi connectivity index (χ2v) is 6.05. The third-order valence-electron chi connectivity index (χ3n) is 3.95. The molecule has 0 amide bonds. The van der Waals surface area contributed by atoms with Crippen LogP contribution < -0.4 is 5.32 Å². The Bertz CT molecular complexity index is 287. The predicted molar refractivity (Wildman–Crippen MR) is 67.0 cm³/mol. The molecule has 2 aliphatic carbocycles. The van der Waals surface area contributed by atoms with Crippen molar-refractivity contribution in [1.82, 2.24) is 10.2 Å². The monoisotopic (exact) mass is 240 g/mol. The molecule has 2 saturated carbocycles. The highest BCUT2D eigenvalue weighted by atomic mass is 16.4. The average molecular weight is 240 g/mol. The molecular weight excluding hydrogens is 216 g/mol. The van der Waals surface area contributed by atoms with E-state index in [-0.39, 0.29) is 0 Å². The zero-order valence-electron chi connectivity index (χ0n) is 10.9. The molecule has 2 fully saturated rings. The van der Waals surface area contributed by atoms with Crippen LogP contribution in [-0.2, 0) is 4.79 Å². The molecule has 0 spiro atoms. The van der Waals surface area contributed by atoms with Crippen molar-refractivity contribution >= 4 is 5.97 Å². The number of likely N-dealkylation sites (N-methyl/N-ethyl adjacent to an activating group) is 1. The van der Waals surface area contributed by atoms with E-state index in [0.717, 1.165) is 25.3 Å². The zero-order valence-corrected chi connectivity index (χ0v) is 10.9. The SMILES string of the molecule is CN(CC1CCC1)CC(C)(NC1CC1)C(=O)O. The number of rotatable bonds is 7. The Morgan fingerprint density at radius 1 is 1.41 bits per heavy atom. The van der Waals surface area contributed by atoms with Gasteiger partial charge in [-0.15, -0.1) is 0 Å². The lowest BCUT2D eigenvalue weighted by atomic mass is 9.85. The number of carbonyl (C=O) groups is 1. The van der Waals surface area contributed by atoms with E-state index in [4.69, 9.17) is 0 Å². The number of carboxylic acid groups (broad SMARTS) is 1. The largest absolute Gasteiger partial charge is 0.480 e. The summed E-state index contributed by atoms with van der Waals surface area (Å²) in [6.07, 6.45) is 6.20. The molecule has 4 heteroatoms. The van der Waals surface area contributed by atoms with Crippen LogP contribution in [0.5, 0.6) is 0 Å². The summed E-state index contributed by atoms with van der Waals surface area (Å²) in [5.74, 6) is 0.0591. The Morgan fingerprint density at radius 2 is 2.06 bits per heavy atom. The Labute approximate surface area is 103 Å². The fourth-order valence-corrected chi connectivity index (χ4v) is 2.57. The maximum absolute atomic E-state index is 11.4. The highest BCUT2D eigenvalue weighted by Gasteiger charge is 2.39. The molecule has 0 aromatic carbocycles. The molecule has 0 aliphatic heterocycles. The Balaban J connectivity index is 1.83. The van der Waals surface area contributed by atoms with Crippen molar-refractivity contribution < 1.29 is 9.90 Å². The molecule has 0 saturated heterocycles. The van der Waals surface area contributed by atoms with Gasteiger partial charge in [-0.05, 0) is 45.6 Å². The number of hydrogen-bond acceptors (Lipinski definition) is 3. The maximum atomic E-state index is 11.4. The Kier molecular flexibility index (Phi) is 3.73. The lowest BCUT2D eigenvalue weighted by Crippen LogP contribution is -2.57. The normalized spacial score (nSPS) is 24.4. The first-order valence-corrected chi connectivity index (χ1v) is 6.69. The minimum Gasteiger partial charge on any atom is -0.480 e. The van der Waals surface area contributed by atoms with Gasteiger partial charge in [0, 0.05) is 19.1 Å². The Hall–Kier alpha value is -0.610. The lowest BCUT2D eigenvalue weighted by molar-refractivity contribution is -0.145. The molecule has 0 heterocycles. The van der Waals surface area contributed by atoms with E-state index in [1.54, 1.807) is 0 Å². The molecule has 0 bridgehead atoms. The van der Waals surface area contributed by atoms with Gasteiger partial charge in [-0.1, -0.05) is 6.42 Å². The second kappa shape index (κ2) is 4.94. The number of aliphatic carboxylic acids is 1. The van der Waals surface area contributed by atoms with Crippen LogP contribution in [0.25, 0.3) is 0 Å². The van der Waals surface area contributed by atoms with E-state index in [1.165, 1.54) is 19.3 Å². The number of nitrogens with one attached hydrogen (secondary N) is 1. The van der Waals surface area contributed by atoms with Crippen molar-refractivity contribution in [2.75, 3.05) is 20.1 Å². The standard InChI is InChI=1S/C13H24N2O2/c1-13(12(16)17,14-11-6-7-11)9-15(2)8-10-4-3-5-10/h10-11,14H,3-9H2,1-2H3,(H,16,17). The van der Waals surface area contributed by atoms with Gasteiger partial charge < -0.3 is 10.0 Å². The first-order valence-electron chi connectivity index (χ1n) is 6.69. The summed E-state index contributed by atoms with van der Waals surface area (Å²) in [7, 11) is 2.04. The van der Waals surface area contributed by atoms with Crippen molar-refractivity contribution in [3.05, 3.63) is 0 Å². The number of hydrogen-bond donors (Lipinski definition) is 2. The van der Waals surface area contributed by atoms with E-state index < -0.39 is 11.5 Å². The van der Waals surface area contributed by atoms with Gasteiger partial charge >= 0.3 is 5.97 Å². The molecule has 4 nitrogen and oxygen atoms in total. The summed E-state index contributed by atoms with van der Waals surface area (Å²) in [6.45, 7) is 3.44. The van der Waals surface area contributed by atoms with Gasteiger partial charge in [0.15, 0.2) is 0 Å². The van der Waals surface area contributed by atoms with Crippen LogP contribution in [0, 0.1) is 5.92 Å². The molecule has 0 aromatic rings. The van der Waals surface area contributed by atoms with Crippen molar-refractivity contribution in [3.8, 4) is 0 Å². The van der Waals surface area contributed by atoms with Crippen LogP contribution in [0.4, 0.5) is 0 Å². The molecule has 1 atom stereocenters. The van der Waals surface area contributed by atoms with Gasteiger partial charge in [-0.3, -0.25) is 10.1 Å². The van der Waals surface area contributed by atoms with E-state index in [2.05, 4.69) is 10.2 Å². The molecule has 0 radical (unpaired) electrons. The fraction of sp³-hybridized carbons (Fsp3) is 0.923. The Morgan fingerprint density at radius 3 is 2.47 bits per heavy atom. The topological polar surface area (TPSA) is 52.6 Å². The van der Waals surface area contributed by atoms with E-state index >= 15 is 0 Å². The van der Waals surface area contributed by atoms with Gasteiger partial charge in [0.2, 0.25) is 0 Å². The number of nitrogens with zero attached hydrogens (tertiary/aromatic N) is 1. The average Bonchev–Trinajstić information content (AvgIpc) is 2.94. The smallest absolute Gasteiger partial charge is 0.324 e. The highest BCUT2D eigenvalue weighted by molar-refractivity contribution is 5.78. The summed E-state index contributed by atoms with van der Waals surface area (Å²) >= 11 is 0. The van der Waals surface area contributed by atoms with Crippen molar-refractivity contribution in [3.63, 3.8) is 0 Å². The minimum absolute atomic E-state index is 0.424. The third-order valence-corrected chi connectivity index (χ3v) is 3.95. The molecule has 2 rings (SSSR count). The summed E-state index contributed by atoms with van der Waals surface area (Å²) < 4.78 is 0. The summed E-state index contributed by atoms with van der Waals surface area (Å²) in [5, 5.41) is 12.6. The summed E-state index contributed by atoms with van der Waals surface area (Å²) in [5.41, 5.74) is -0.792. The molecule has 0 aromatic heterocycles. The third kappa shape index (κ3) is 3.42. The predicted octanol–water partition coefficient (Wildman–Crippen LogP) is 1.31. The first-order chi connectivity index (χ1) is 7.99. The summed E-state index contributed by atoms with van der Waals surface area (Å²) in [4.78, 5) is 13.6. The van der Waals surface area contributed by atoms with Gasteiger partial charge in [-0.25, -0.2) is 0 Å². The van der Waals surface area contributed by atoms with Crippen molar-refractivity contribution in [1.29, 1.82) is 0 Å². The van der Waals surface area contributed by atoms with Crippen LogP contribution in [0.1, 0.15) is 39.0 Å². The van der Waals surface area contributed by atoms with Crippen LogP contribution in [0.15, 0.2) is 0 Å². The quantitative estimate of drug-likeness (QED) is 0.704. The fourth-order valence-electron chi connectivity index (χ4n) is 2.57. The van der Waals surface area contributed by atoms with Crippen LogP contribution in [0.2, 0.25) is 0 Å². The van der Waals surface area contributed by atoms with Crippen LogP contribution in [0.3, 0.4) is 0 Å². The van der Waals surface area contributed by atoms with E-state index in [0.29, 0.717) is 12.6 Å². The zero-order chi connectivity index (χ0) is 12.5. The maximum Gasteiger partial charge on any atom is 0.324 e. The molecule has 1 unspecified atom stereocenters. The number of carboxylic acids is 1. The van der Waals surface area contributed by atoms with Gasteiger partial charge in [-0.2, -0.15) is 0 Å². The molecule has 17 heavy (non-hydrogen) atoms. The highest BCUT2D eigenvalue weighted by Crippen LogP contribution is 2.28. The molecule has 98 valence electrons. The van der Waals surface area contributed by atoms with Gasteiger partial charge in [0.05, 0.1) is 0 Å². The van der Waals surface area contributed by atoms with Gasteiger partial charge in [0.1, 0.15) is 5.54 Å². The van der Waals surface area contributed by atoms with Crippen LogP contribution in [-0.4, -0.2) is 47.7 Å². The van der Waals surface area contributed by atoms with E-state index in [9.17, 15) is 9.90 Å². The molecular formula is C13H24N2O2. The minimum atomic E-state index is -0.792. The second-order valence-electron chi connectivity index (χ2n) is 6.05. The lowest BCUT2D eigenvalue weighted by Gasteiger charge is -2.35.